The third kappa shape index (κ3) is 1.22. The Bertz CT molecular complexity index is 647. The van der Waals surface area contributed by atoms with Crippen LogP contribution < -0.4 is 11.2 Å². The van der Waals surface area contributed by atoms with Gasteiger partial charge in [0, 0.05) is 20.1 Å². The molecule has 0 fully saturated rings. The van der Waals surface area contributed by atoms with Gasteiger partial charge in [-0.3, -0.25) is 13.9 Å². The minimum absolute atomic E-state index is 0.272. The van der Waals surface area contributed by atoms with E-state index in [9.17, 15) is 9.59 Å². The molecule has 2 aromatic rings. The van der Waals surface area contributed by atoms with E-state index in [0.717, 1.165) is 0 Å². The number of imidazole rings is 1. The lowest BCUT2D eigenvalue weighted by molar-refractivity contribution is 0.600. The lowest BCUT2D eigenvalue weighted by Crippen LogP contribution is -2.39. The Hall–Kier alpha value is -1.85. The molecule has 16 heavy (non-hydrogen) atoms. The van der Waals surface area contributed by atoms with Crippen molar-refractivity contribution in [1.82, 2.24) is 18.7 Å². The largest absolute Gasteiger partial charge is 0.332 e. The maximum atomic E-state index is 12.0. The highest BCUT2D eigenvalue weighted by molar-refractivity contribution is 5.69. The Morgan fingerprint density at radius 2 is 1.81 bits per heavy atom. The first-order chi connectivity index (χ1) is 7.61. The van der Waals surface area contributed by atoms with Crippen LogP contribution in [-0.4, -0.2) is 18.7 Å². The van der Waals surface area contributed by atoms with Crippen LogP contribution in [0, 0.1) is 0 Å². The Labute approximate surface area is 91.8 Å². The number of fused-ring (bicyclic) bond motifs is 1. The Morgan fingerprint density at radius 3 is 2.38 bits per heavy atom. The zero-order chi connectivity index (χ0) is 11.9. The summed E-state index contributed by atoms with van der Waals surface area (Å²) < 4.78 is 4.47. The van der Waals surface area contributed by atoms with Gasteiger partial charge in [0.2, 0.25) is 0 Å². The van der Waals surface area contributed by atoms with Gasteiger partial charge in [-0.05, 0) is 13.8 Å². The smallest absolute Gasteiger partial charge is 0.320 e. The summed E-state index contributed by atoms with van der Waals surface area (Å²) in [6.07, 6.45) is 1.55. The summed E-state index contributed by atoms with van der Waals surface area (Å²) in [5, 5.41) is 0. The van der Waals surface area contributed by atoms with E-state index in [1.54, 1.807) is 29.4 Å². The van der Waals surface area contributed by atoms with Crippen LogP contribution in [-0.2, 0) is 20.1 Å². The SMILES string of the molecule is CCn1c(=O)c2ncn(C)c2n(CC)c1=O. The summed E-state index contributed by atoms with van der Waals surface area (Å²) in [5.74, 6) is 0. The van der Waals surface area contributed by atoms with Crippen molar-refractivity contribution in [3.05, 3.63) is 27.2 Å². The summed E-state index contributed by atoms with van der Waals surface area (Å²) in [5.41, 5.74) is 0.354. The second-order valence-electron chi connectivity index (χ2n) is 3.60. The molecule has 0 spiro atoms. The number of aryl methyl sites for hydroxylation is 2. The van der Waals surface area contributed by atoms with Gasteiger partial charge < -0.3 is 4.57 Å². The molecule has 0 aliphatic heterocycles. The first-order valence-corrected chi connectivity index (χ1v) is 5.26. The molecular weight excluding hydrogens is 208 g/mol. The molecule has 2 rings (SSSR count). The second kappa shape index (κ2) is 3.62. The van der Waals surface area contributed by atoms with E-state index in [1.807, 2.05) is 6.92 Å². The van der Waals surface area contributed by atoms with Gasteiger partial charge in [0.25, 0.3) is 5.56 Å². The monoisotopic (exact) mass is 222 g/mol. The van der Waals surface area contributed by atoms with Crippen LogP contribution in [0.4, 0.5) is 0 Å². The highest BCUT2D eigenvalue weighted by Gasteiger charge is 2.14. The van der Waals surface area contributed by atoms with Gasteiger partial charge in [-0.2, -0.15) is 0 Å². The van der Waals surface area contributed by atoms with Crippen molar-refractivity contribution < 1.29 is 0 Å². The van der Waals surface area contributed by atoms with Crippen LogP contribution in [0.5, 0.6) is 0 Å². The summed E-state index contributed by atoms with van der Waals surface area (Å²) >= 11 is 0. The first-order valence-electron chi connectivity index (χ1n) is 5.26. The number of nitrogens with zero attached hydrogens (tertiary/aromatic N) is 4. The molecule has 0 unspecified atom stereocenters. The molecule has 6 heteroatoms. The van der Waals surface area contributed by atoms with E-state index < -0.39 is 0 Å². The van der Waals surface area contributed by atoms with Crippen molar-refractivity contribution in [3.63, 3.8) is 0 Å². The summed E-state index contributed by atoms with van der Waals surface area (Å²) in [6.45, 7) is 4.54. The van der Waals surface area contributed by atoms with E-state index in [4.69, 9.17) is 0 Å². The third-order valence-electron chi connectivity index (χ3n) is 2.70. The molecule has 0 N–H and O–H groups in total. The van der Waals surface area contributed by atoms with E-state index in [-0.39, 0.29) is 11.2 Å². The van der Waals surface area contributed by atoms with E-state index in [1.165, 1.54) is 4.57 Å². The van der Waals surface area contributed by atoms with Crippen molar-refractivity contribution in [1.29, 1.82) is 0 Å². The predicted octanol–water partition coefficient (Wildman–Crippen LogP) is -0.0635. The van der Waals surface area contributed by atoms with E-state index in [0.29, 0.717) is 24.3 Å². The number of rotatable bonds is 2. The Balaban J connectivity index is 3.09. The van der Waals surface area contributed by atoms with E-state index in [2.05, 4.69) is 4.98 Å². The van der Waals surface area contributed by atoms with Crippen molar-refractivity contribution in [2.45, 2.75) is 26.9 Å². The number of hydrogen-bond donors (Lipinski definition) is 0. The van der Waals surface area contributed by atoms with Crippen LogP contribution in [0.15, 0.2) is 15.9 Å². The van der Waals surface area contributed by atoms with Crippen molar-refractivity contribution in [2.75, 3.05) is 0 Å². The molecule has 0 radical (unpaired) electrons. The van der Waals surface area contributed by atoms with Gasteiger partial charge in [-0.1, -0.05) is 0 Å². The topological polar surface area (TPSA) is 61.8 Å². The average molecular weight is 222 g/mol. The van der Waals surface area contributed by atoms with Crippen LogP contribution in [0.1, 0.15) is 13.8 Å². The predicted molar refractivity (Wildman–Crippen MR) is 60.6 cm³/mol. The average Bonchev–Trinajstić information content (AvgIpc) is 2.63. The maximum Gasteiger partial charge on any atom is 0.332 e. The number of aromatic nitrogens is 4. The number of hydrogen-bond acceptors (Lipinski definition) is 3. The van der Waals surface area contributed by atoms with Gasteiger partial charge in [0.05, 0.1) is 6.33 Å². The lowest BCUT2D eigenvalue weighted by Gasteiger charge is -2.09. The fraction of sp³-hybridized carbons (Fsp3) is 0.500. The highest BCUT2D eigenvalue weighted by Crippen LogP contribution is 2.04. The molecule has 6 nitrogen and oxygen atoms in total. The maximum absolute atomic E-state index is 12.0. The fourth-order valence-electron chi connectivity index (χ4n) is 1.91. The molecule has 0 aromatic carbocycles. The normalized spacial score (nSPS) is 11.2. The van der Waals surface area contributed by atoms with Gasteiger partial charge in [-0.15, -0.1) is 0 Å². The van der Waals surface area contributed by atoms with Gasteiger partial charge in [0.1, 0.15) is 5.65 Å². The molecule has 0 saturated heterocycles. The zero-order valence-electron chi connectivity index (χ0n) is 9.60. The standard InChI is InChI=1S/C10H14N4O2/c1-4-13-8-7(11-6-12(8)3)9(15)14(5-2)10(13)16/h6H,4-5H2,1-3H3. The quantitative estimate of drug-likeness (QED) is 0.715. The molecule has 0 atom stereocenters. The lowest BCUT2D eigenvalue weighted by atomic mass is 10.5. The molecule has 2 aromatic heterocycles. The molecule has 86 valence electrons. The zero-order valence-corrected chi connectivity index (χ0v) is 9.60. The van der Waals surface area contributed by atoms with Crippen molar-refractivity contribution in [2.24, 2.45) is 7.05 Å². The summed E-state index contributed by atoms with van der Waals surface area (Å²) in [6, 6.07) is 0. The molecule has 0 aliphatic rings. The second-order valence-corrected chi connectivity index (χ2v) is 3.60. The molecule has 0 amide bonds. The molecule has 2 heterocycles. The molecule has 0 aliphatic carbocycles. The van der Waals surface area contributed by atoms with E-state index >= 15 is 0 Å². The summed E-state index contributed by atoms with van der Waals surface area (Å²) in [7, 11) is 1.77. The van der Waals surface area contributed by atoms with Crippen molar-refractivity contribution >= 4 is 11.2 Å². The molecular formula is C10H14N4O2. The molecule has 0 bridgehead atoms. The van der Waals surface area contributed by atoms with Crippen LogP contribution in [0.2, 0.25) is 0 Å². The third-order valence-corrected chi connectivity index (χ3v) is 2.70. The van der Waals surface area contributed by atoms with Gasteiger partial charge >= 0.3 is 5.69 Å². The van der Waals surface area contributed by atoms with Gasteiger partial charge in [-0.25, -0.2) is 9.78 Å². The molecule has 0 saturated carbocycles. The van der Waals surface area contributed by atoms with Crippen LogP contribution in [0.3, 0.4) is 0 Å². The minimum atomic E-state index is -0.312. The van der Waals surface area contributed by atoms with Crippen molar-refractivity contribution in [3.8, 4) is 0 Å². The Kier molecular flexibility index (Phi) is 2.41. The van der Waals surface area contributed by atoms with Gasteiger partial charge in [0.15, 0.2) is 5.52 Å². The Morgan fingerprint density at radius 1 is 1.19 bits per heavy atom. The summed E-state index contributed by atoms with van der Waals surface area (Å²) in [4.78, 5) is 28.0. The van der Waals surface area contributed by atoms with Crippen LogP contribution >= 0.6 is 0 Å². The highest BCUT2D eigenvalue weighted by atomic mass is 16.2. The first kappa shape index (κ1) is 10.7. The minimum Gasteiger partial charge on any atom is -0.320 e. The van der Waals surface area contributed by atoms with Crippen LogP contribution in [0.25, 0.3) is 11.2 Å². The fourth-order valence-corrected chi connectivity index (χ4v) is 1.91.